The molecule has 1 aliphatic rings. The number of anilines is 1. The lowest BCUT2D eigenvalue weighted by Gasteiger charge is -2.12. The molecule has 4 N–H and O–H groups in total. The lowest BCUT2D eigenvalue weighted by molar-refractivity contribution is 0.645. The third kappa shape index (κ3) is 11.5. The van der Waals surface area contributed by atoms with Gasteiger partial charge >= 0.3 is 0 Å². The third-order valence-electron chi connectivity index (χ3n) is 11.3. The van der Waals surface area contributed by atoms with Gasteiger partial charge in [0.25, 0.3) is 0 Å². The first-order valence-electron chi connectivity index (χ1n) is 24.0. The first kappa shape index (κ1) is 51.1. The maximum atomic E-state index is 4.99. The zero-order chi connectivity index (χ0) is 50.6. The Kier molecular flexibility index (Phi) is 17.0. The number of aromatic amines is 3. The molecule has 0 atom stereocenters. The number of aryl methyl sites for hydroxylation is 3. The van der Waals surface area contributed by atoms with Crippen LogP contribution in [0.1, 0.15) is 91.5 Å². The molecule has 10 heterocycles. The fraction of sp³-hybridized carbons (Fsp3) is 0.186. The highest BCUT2D eigenvalue weighted by Crippen LogP contribution is 2.36. The first-order valence-corrected chi connectivity index (χ1v) is 25.7. The zero-order valence-electron chi connectivity index (χ0n) is 42.1. The SMILES string of the molecule is C=C/C=C(/c1cccs1)c1cc(-c2n[nH]c3ccc(-c4cncc(NC(=C)CC(C)C)c4)nc23)[nH]c1C.C=C/C=C(/c1cccs1)c1cc(C2=c3nc(-c4cnccc4C)ccc3=N2)[nH]c1C.CC.CC. The topological polar surface area (TPSA) is 136 Å². The van der Waals surface area contributed by atoms with Crippen LogP contribution in [0.15, 0.2) is 163 Å². The van der Waals surface area contributed by atoms with E-state index in [9.17, 15) is 0 Å². The second-order valence-electron chi connectivity index (χ2n) is 16.7. The number of H-pyrrole nitrogens is 3. The first-order chi connectivity index (χ1) is 34.6. The van der Waals surface area contributed by atoms with Gasteiger partial charge in [-0.1, -0.05) is 97.7 Å². The lowest BCUT2D eigenvalue weighted by Crippen LogP contribution is -2.38. The number of aromatic nitrogens is 8. The molecular weight excluding hydrogens is 913 g/mol. The molecule has 71 heavy (non-hydrogen) atoms. The van der Waals surface area contributed by atoms with Crippen molar-refractivity contribution in [1.29, 1.82) is 0 Å². The Morgan fingerprint density at radius 2 is 1.38 bits per heavy atom. The molecule has 0 fully saturated rings. The van der Waals surface area contributed by atoms with E-state index in [2.05, 4.69) is 155 Å². The van der Waals surface area contributed by atoms with Gasteiger partial charge in [0.1, 0.15) is 22.3 Å². The van der Waals surface area contributed by atoms with Crippen molar-refractivity contribution in [1.82, 2.24) is 40.1 Å². The van der Waals surface area contributed by atoms with Gasteiger partial charge < -0.3 is 15.3 Å². The van der Waals surface area contributed by atoms with Gasteiger partial charge in [-0.25, -0.2) is 15.0 Å². The van der Waals surface area contributed by atoms with Gasteiger partial charge in [0.05, 0.1) is 45.5 Å². The van der Waals surface area contributed by atoms with Crippen molar-refractivity contribution in [2.75, 3.05) is 5.32 Å². The predicted octanol–water partition coefficient (Wildman–Crippen LogP) is 14.6. The number of nitrogens with one attached hydrogen (secondary N) is 4. The summed E-state index contributed by atoms with van der Waals surface area (Å²) in [4.78, 5) is 32.7. The van der Waals surface area contributed by atoms with Crippen LogP contribution < -0.4 is 16.0 Å². The highest BCUT2D eigenvalue weighted by Gasteiger charge is 2.20. The van der Waals surface area contributed by atoms with Crippen molar-refractivity contribution in [2.45, 2.75) is 68.7 Å². The minimum atomic E-state index is 0.533. The van der Waals surface area contributed by atoms with E-state index < -0.39 is 0 Å². The van der Waals surface area contributed by atoms with Crippen LogP contribution in [-0.2, 0) is 0 Å². The summed E-state index contributed by atoms with van der Waals surface area (Å²) in [6.07, 6.45) is 16.0. The third-order valence-corrected chi connectivity index (χ3v) is 13.1. The number of nitrogens with zero attached hydrogens (tertiary/aromatic N) is 6. The molecule has 9 aromatic rings. The molecule has 0 spiro atoms. The Labute approximate surface area is 425 Å². The van der Waals surface area contributed by atoms with E-state index in [0.29, 0.717) is 5.92 Å². The highest BCUT2D eigenvalue weighted by molar-refractivity contribution is 7.11. The van der Waals surface area contributed by atoms with Crippen LogP contribution in [0.2, 0.25) is 0 Å². The second-order valence-corrected chi connectivity index (χ2v) is 18.6. The van der Waals surface area contributed by atoms with Gasteiger partial charge in [0.2, 0.25) is 0 Å². The lowest BCUT2D eigenvalue weighted by atomic mass is 10.0. The Bertz CT molecular complexity index is 3490. The zero-order valence-corrected chi connectivity index (χ0v) is 43.7. The van der Waals surface area contributed by atoms with Crippen LogP contribution in [0.5, 0.6) is 0 Å². The predicted molar refractivity (Wildman–Crippen MR) is 301 cm³/mol. The van der Waals surface area contributed by atoms with Gasteiger partial charge in [-0.05, 0) is 110 Å². The van der Waals surface area contributed by atoms with E-state index in [1.807, 2.05) is 88.8 Å². The monoisotopic (exact) mass is 974 g/mol. The highest BCUT2D eigenvalue weighted by atomic mass is 32.1. The minimum Gasteiger partial charge on any atom is -0.358 e. The summed E-state index contributed by atoms with van der Waals surface area (Å²) in [5.41, 5.74) is 18.7. The van der Waals surface area contributed by atoms with Crippen molar-refractivity contribution >= 4 is 56.2 Å². The summed E-state index contributed by atoms with van der Waals surface area (Å²) in [5.74, 6) is 0.533. The largest absolute Gasteiger partial charge is 0.358 e. The Balaban J connectivity index is 0.000000199. The molecule has 10 nitrogen and oxygen atoms in total. The van der Waals surface area contributed by atoms with E-state index in [4.69, 9.17) is 15.0 Å². The number of allylic oxidation sites excluding steroid dienone is 5. The molecule has 0 aromatic carbocycles. The molecule has 0 aliphatic carbocycles. The van der Waals surface area contributed by atoms with Gasteiger partial charge in [-0.3, -0.25) is 15.1 Å². The van der Waals surface area contributed by atoms with Gasteiger partial charge in [0.15, 0.2) is 0 Å². The van der Waals surface area contributed by atoms with Crippen LogP contribution in [0.3, 0.4) is 0 Å². The van der Waals surface area contributed by atoms with Crippen LogP contribution in [0.25, 0.3) is 61.8 Å². The van der Waals surface area contributed by atoms with Crippen molar-refractivity contribution in [3.8, 4) is 33.9 Å². The summed E-state index contributed by atoms with van der Waals surface area (Å²) in [5, 5.41) is 17.1. The van der Waals surface area contributed by atoms with Crippen LogP contribution >= 0.6 is 22.7 Å². The van der Waals surface area contributed by atoms with Crippen LogP contribution in [0.4, 0.5) is 5.69 Å². The summed E-state index contributed by atoms with van der Waals surface area (Å²) >= 11 is 3.43. The number of thiophene rings is 2. The molecule has 1 aliphatic heterocycles. The van der Waals surface area contributed by atoms with Gasteiger partial charge in [0, 0.05) is 78.8 Å². The molecule has 0 bridgehead atoms. The van der Waals surface area contributed by atoms with Crippen molar-refractivity contribution in [2.24, 2.45) is 10.9 Å². The maximum Gasteiger partial charge on any atom is 0.135 e. The quantitative estimate of drug-likeness (QED) is 0.0801. The molecule has 0 saturated carbocycles. The summed E-state index contributed by atoms with van der Waals surface area (Å²) < 4.78 is 0. The molecule has 12 heteroatoms. The summed E-state index contributed by atoms with van der Waals surface area (Å²) in [7, 11) is 0. The smallest absolute Gasteiger partial charge is 0.135 e. The number of hydrogen-bond acceptors (Lipinski definition) is 9. The second kappa shape index (κ2) is 23.7. The summed E-state index contributed by atoms with van der Waals surface area (Å²) in [6, 6.07) is 24.8. The number of pyridine rings is 4. The molecule has 0 saturated heterocycles. The van der Waals surface area contributed by atoms with Crippen molar-refractivity contribution in [3.63, 3.8) is 0 Å². The van der Waals surface area contributed by atoms with E-state index in [1.54, 1.807) is 28.9 Å². The fourth-order valence-electron chi connectivity index (χ4n) is 8.19. The molecule has 360 valence electrons. The molecule has 0 unspecified atom stereocenters. The summed E-state index contributed by atoms with van der Waals surface area (Å²) in [6.45, 7) is 30.5. The average Bonchev–Trinajstić information content (AvgIpc) is 4.25. The maximum absolute atomic E-state index is 4.99. The number of fused-ring (bicyclic) bond motifs is 2. The average molecular weight is 975 g/mol. The van der Waals surface area contributed by atoms with Crippen LogP contribution in [-0.4, -0.2) is 40.1 Å². The minimum absolute atomic E-state index is 0.533. The van der Waals surface area contributed by atoms with Crippen LogP contribution in [0, 0.1) is 26.7 Å². The van der Waals surface area contributed by atoms with Gasteiger partial charge in [-0.15, -0.1) is 22.7 Å². The molecular formula is C59H62N10S2. The molecule has 10 rings (SSSR count). The number of rotatable bonds is 14. The molecule has 0 amide bonds. The van der Waals surface area contributed by atoms with E-state index in [0.717, 1.165) is 124 Å². The van der Waals surface area contributed by atoms with E-state index >= 15 is 0 Å². The van der Waals surface area contributed by atoms with Gasteiger partial charge in [-0.2, -0.15) is 5.10 Å². The van der Waals surface area contributed by atoms with E-state index in [-0.39, 0.29) is 0 Å². The fourth-order valence-corrected chi connectivity index (χ4v) is 9.72. The van der Waals surface area contributed by atoms with Crippen molar-refractivity contribution < 1.29 is 0 Å². The standard InChI is InChI=1S/C30H30N6S.C25H20N4S.2C2H6/c1-6-8-23(28-9-7-12-37-28)24-15-27(33-20(24)5)30-29-26(35-36-30)11-10-25(34-29)21-14-22(17-31-16-21)32-19(4)13-18(2)3;1-4-6-17(23-7-5-12-30-23)18-13-22(27-16(18)3)25-24-21(29-25)9-8-20(28-24)19-14-26-11-10-15(19)2;2*1-2/h6-12,14-18,32-33H,1,4,13H2,2-3,5H3,(H,35,36);4-14,27H,1H2,2-3H3;2*1-2H3/b23-8+;17-6+;;. The van der Waals surface area contributed by atoms with E-state index in [1.165, 1.54) is 9.75 Å². The number of hydrogen-bond donors (Lipinski definition) is 4. The Hall–Kier alpha value is -7.80. The Morgan fingerprint density at radius 3 is 2.00 bits per heavy atom. The molecule has 9 aromatic heterocycles. The Morgan fingerprint density at radius 1 is 0.732 bits per heavy atom. The molecule has 0 radical (unpaired) electrons. The normalized spacial score (nSPS) is 11.8. The van der Waals surface area contributed by atoms with Crippen molar-refractivity contribution in [3.05, 3.63) is 212 Å².